The zero-order chi connectivity index (χ0) is 14.8. The van der Waals surface area contributed by atoms with Crippen molar-refractivity contribution >= 4 is 17.6 Å². The third-order valence-electron chi connectivity index (χ3n) is 3.00. The highest BCUT2D eigenvalue weighted by Crippen LogP contribution is 2.31. The summed E-state index contributed by atoms with van der Waals surface area (Å²) in [6.07, 6.45) is 1.20. The molecule has 1 aliphatic heterocycles. The Kier molecular flexibility index (Phi) is 3.72. The van der Waals surface area contributed by atoms with Crippen molar-refractivity contribution in [2.24, 2.45) is 0 Å². The van der Waals surface area contributed by atoms with Crippen molar-refractivity contribution in [3.05, 3.63) is 41.3 Å². The summed E-state index contributed by atoms with van der Waals surface area (Å²) in [6, 6.07) is 6.47. The minimum atomic E-state index is -1.35. The Hall–Kier alpha value is -2.18. The van der Waals surface area contributed by atoms with Crippen molar-refractivity contribution < 1.29 is 19.4 Å². The molecule has 2 heterocycles. The van der Waals surface area contributed by atoms with E-state index in [9.17, 15) is 9.90 Å². The van der Waals surface area contributed by atoms with E-state index >= 15 is 0 Å². The highest BCUT2D eigenvalue weighted by atomic mass is 35.5. The van der Waals surface area contributed by atoms with E-state index in [1.807, 2.05) is 0 Å². The van der Waals surface area contributed by atoms with Gasteiger partial charge in [-0.2, -0.15) is 0 Å². The lowest BCUT2D eigenvalue weighted by Gasteiger charge is -2.27. The molecule has 0 aliphatic carbocycles. The number of hydrogen-bond donors (Lipinski definition) is 0. The van der Waals surface area contributed by atoms with Crippen LogP contribution in [0.1, 0.15) is 10.5 Å². The number of benzene rings is 1. The summed E-state index contributed by atoms with van der Waals surface area (Å²) in [7, 11) is 0. The van der Waals surface area contributed by atoms with E-state index in [4.69, 9.17) is 21.1 Å². The smallest absolute Gasteiger partial charge is 0.145 e. The van der Waals surface area contributed by atoms with Crippen LogP contribution in [0, 0.1) is 0 Å². The Morgan fingerprint density at radius 3 is 2.76 bits per heavy atom. The van der Waals surface area contributed by atoms with Crippen LogP contribution in [0.15, 0.2) is 30.6 Å². The number of carboxylic acids is 1. The molecule has 0 saturated carbocycles. The van der Waals surface area contributed by atoms with Crippen LogP contribution in [0.25, 0.3) is 11.3 Å². The van der Waals surface area contributed by atoms with Gasteiger partial charge in [-0.25, -0.2) is 9.97 Å². The van der Waals surface area contributed by atoms with E-state index in [0.717, 1.165) is 0 Å². The minimum absolute atomic E-state index is 0.0251. The molecule has 108 valence electrons. The van der Waals surface area contributed by atoms with Gasteiger partial charge in [0.25, 0.3) is 0 Å². The summed E-state index contributed by atoms with van der Waals surface area (Å²) in [6.45, 7) is 1.11. The predicted molar refractivity (Wildman–Crippen MR) is 72.0 cm³/mol. The van der Waals surface area contributed by atoms with Gasteiger partial charge in [0, 0.05) is 5.56 Å². The Bertz CT molecular complexity index is 688. The van der Waals surface area contributed by atoms with E-state index in [0.29, 0.717) is 35.2 Å². The highest BCUT2D eigenvalue weighted by molar-refractivity contribution is 6.32. The first-order valence-corrected chi connectivity index (χ1v) is 6.59. The van der Waals surface area contributed by atoms with Crippen molar-refractivity contribution in [3.8, 4) is 17.0 Å². The Labute approximate surface area is 125 Å². The maximum atomic E-state index is 10.8. The zero-order valence-electron chi connectivity index (χ0n) is 10.8. The first kappa shape index (κ1) is 13.8. The van der Waals surface area contributed by atoms with Crippen LogP contribution in [0.5, 0.6) is 5.75 Å². The molecule has 0 amide bonds. The largest absolute Gasteiger partial charge is 0.543 e. The molecule has 7 heteroatoms. The molecule has 1 aromatic carbocycles. The lowest BCUT2D eigenvalue weighted by atomic mass is 10.1. The molecular formula is C14H10ClN2O4-. The molecule has 3 rings (SSSR count). The molecule has 21 heavy (non-hydrogen) atoms. The van der Waals surface area contributed by atoms with Crippen LogP contribution < -0.4 is 9.84 Å². The summed E-state index contributed by atoms with van der Waals surface area (Å²) in [4.78, 5) is 18.5. The molecule has 1 fully saturated rings. The monoisotopic (exact) mass is 305 g/mol. The molecule has 1 aliphatic rings. The summed E-state index contributed by atoms with van der Waals surface area (Å²) >= 11 is 6.17. The Morgan fingerprint density at radius 2 is 2.14 bits per heavy atom. The molecule has 2 aromatic rings. The quantitative estimate of drug-likeness (QED) is 0.836. The lowest BCUT2D eigenvalue weighted by molar-refractivity contribution is -0.255. The van der Waals surface area contributed by atoms with Crippen LogP contribution in [0.2, 0.25) is 5.02 Å². The molecule has 0 unspecified atom stereocenters. The number of carboxylic acid groups (broad SMARTS) is 1. The van der Waals surface area contributed by atoms with E-state index in [1.165, 1.54) is 12.4 Å². The number of rotatable bonds is 4. The van der Waals surface area contributed by atoms with Gasteiger partial charge in [-0.3, -0.25) is 0 Å². The Balaban J connectivity index is 1.87. The normalized spacial score (nSPS) is 14.5. The van der Waals surface area contributed by atoms with E-state index in [1.54, 1.807) is 18.2 Å². The second kappa shape index (κ2) is 5.67. The van der Waals surface area contributed by atoms with Crippen LogP contribution in [-0.2, 0) is 4.74 Å². The highest BCUT2D eigenvalue weighted by Gasteiger charge is 2.21. The standard InChI is InChI=1S/C14H11ClN2O4/c15-10-3-8(1-2-13(10)21-9-5-20-6-9)11-4-12(14(18)19)17-7-16-11/h1-4,7,9H,5-6H2,(H,18,19)/p-1. The molecular weight excluding hydrogens is 296 g/mol. The third kappa shape index (κ3) is 2.96. The maximum absolute atomic E-state index is 10.8. The average molecular weight is 306 g/mol. The van der Waals surface area contributed by atoms with Crippen molar-refractivity contribution in [2.45, 2.75) is 6.10 Å². The van der Waals surface area contributed by atoms with Crippen LogP contribution >= 0.6 is 11.6 Å². The fraction of sp³-hybridized carbons (Fsp3) is 0.214. The molecule has 1 aromatic heterocycles. The lowest BCUT2D eigenvalue weighted by Crippen LogP contribution is -2.38. The first-order valence-electron chi connectivity index (χ1n) is 6.21. The summed E-state index contributed by atoms with van der Waals surface area (Å²) in [5.41, 5.74) is 0.940. The van der Waals surface area contributed by atoms with Crippen LogP contribution in [-0.4, -0.2) is 35.3 Å². The van der Waals surface area contributed by atoms with Crippen molar-refractivity contribution in [2.75, 3.05) is 13.2 Å². The number of halogens is 1. The van der Waals surface area contributed by atoms with Gasteiger partial charge in [0.05, 0.1) is 35.6 Å². The van der Waals surface area contributed by atoms with Crippen LogP contribution in [0.3, 0.4) is 0 Å². The number of carbonyl (C=O) groups is 1. The number of ether oxygens (including phenoxy) is 2. The van der Waals surface area contributed by atoms with Gasteiger partial charge in [-0.15, -0.1) is 0 Å². The number of aromatic carboxylic acids is 1. The predicted octanol–water partition coefficient (Wildman–Crippen LogP) is 0.938. The second-order valence-electron chi connectivity index (χ2n) is 4.50. The number of nitrogens with zero attached hydrogens (tertiary/aromatic N) is 2. The van der Waals surface area contributed by atoms with Gasteiger partial charge in [-0.1, -0.05) is 11.6 Å². The summed E-state index contributed by atoms with van der Waals surface area (Å²) in [5.74, 6) is -0.794. The van der Waals surface area contributed by atoms with E-state index in [2.05, 4.69) is 9.97 Å². The van der Waals surface area contributed by atoms with Gasteiger partial charge in [0.2, 0.25) is 0 Å². The van der Waals surface area contributed by atoms with Gasteiger partial charge < -0.3 is 19.4 Å². The van der Waals surface area contributed by atoms with E-state index in [-0.39, 0.29) is 11.8 Å². The van der Waals surface area contributed by atoms with Gasteiger partial charge in [0.1, 0.15) is 18.2 Å². The summed E-state index contributed by atoms with van der Waals surface area (Å²) in [5, 5.41) is 11.2. The Morgan fingerprint density at radius 1 is 1.33 bits per heavy atom. The fourth-order valence-corrected chi connectivity index (χ4v) is 2.07. The molecule has 6 nitrogen and oxygen atoms in total. The number of carbonyl (C=O) groups excluding carboxylic acids is 1. The molecule has 0 spiro atoms. The zero-order valence-corrected chi connectivity index (χ0v) is 11.5. The number of hydrogen-bond acceptors (Lipinski definition) is 6. The minimum Gasteiger partial charge on any atom is -0.543 e. The first-order chi connectivity index (χ1) is 10.1. The van der Waals surface area contributed by atoms with Gasteiger partial charge >= 0.3 is 0 Å². The molecule has 0 N–H and O–H groups in total. The maximum Gasteiger partial charge on any atom is 0.145 e. The average Bonchev–Trinajstić information content (AvgIpc) is 2.44. The second-order valence-corrected chi connectivity index (χ2v) is 4.91. The topological polar surface area (TPSA) is 84.4 Å². The molecule has 0 atom stereocenters. The van der Waals surface area contributed by atoms with Crippen molar-refractivity contribution in [3.63, 3.8) is 0 Å². The number of aromatic nitrogens is 2. The van der Waals surface area contributed by atoms with Gasteiger partial charge in [-0.05, 0) is 24.3 Å². The molecule has 0 radical (unpaired) electrons. The molecule has 1 saturated heterocycles. The fourth-order valence-electron chi connectivity index (χ4n) is 1.84. The third-order valence-corrected chi connectivity index (χ3v) is 3.30. The van der Waals surface area contributed by atoms with Gasteiger partial charge in [0.15, 0.2) is 0 Å². The van der Waals surface area contributed by atoms with Crippen molar-refractivity contribution in [1.29, 1.82) is 0 Å². The van der Waals surface area contributed by atoms with Crippen LogP contribution in [0.4, 0.5) is 0 Å². The van der Waals surface area contributed by atoms with E-state index < -0.39 is 5.97 Å². The van der Waals surface area contributed by atoms with Crippen molar-refractivity contribution in [1.82, 2.24) is 9.97 Å². The molecule has 0 bridgehead atoms. The SMILES string of the molecule is O=C([O-])c1cc(-c2ccc(OC3COC3)c(Cl)c2)ncn1. The summed E-state index contributed by atoms with van der Waals surface area (Å²) < 4.78 is 10.7.